The van der Waals surface area contributed by atoms with Crippen molar-refractivity contribution < 1.29 is 4.74 Å². The fourth-order valence-electron chi connectivity index (χ4n) is 2.87. The summed E-state index contributed by atoms with van der Waals surface area (Å²) in [4.78, 5) is 4.48. The second kappa shape index (κ2) is 6.27. The zero-order valence-electron chi connectivity index (χ0n) is 13.6. The second-order valence-electron chi connectivity index (χ2n) is 5.93. The summed E-state index contributed by atoms with van der Waals surface area (Å²) in [7, 11) is 0. The minimum absolute atomic E-state index is 0.292. The van der Waals surface area contributed by atoms with E-state index in [1.54, 1.807) is 0 Å². The molecule has 2 aromatic heterocycles. The SMILES string of the molecule is Cc1cc(C)cc(Oc2nccc3[se]c(-c4ccccc4)cc23)c1. The van der Waals surface area contributed by atoms with E-state index in [0.717, 1.165) is 11.1 Å². The quantitative estimate of drug-likeness (QED) is 0.447. The Balaban J connectivity index is 1.77. The monoisotopic (exact) mass is 379 g/mol. The Morgan fingerprint density at radius 1 is 0.875 bits per heavy atom. The Labute approximate surface area is 147 Å². The Hall–Kier alpha value is -2.35. The van der Waals surface area contributed by atoms with E-state index in [4.69, 9.17) is 4.74 Å². The van der Waals surface area contributed by atoms with Gasteiger partial charge in [0.2, 0.25) is 0 Å². The van der Waals surface area contributed by atoms with Crippen LogP contribution in [0.25, 0.3) is 19.6 Å². The Bertz CT molecular complexity index is 985. The van der Waals surface area contributed by atoms with Crippen LogP contribution in [0.2, 0.25) is 0 Å². The molecule has 2 nitrogen and oxygen atoms in total. The Kier molecular flexibility index (Phi) is 3.97. The van der Waals surface area contributed by atoms with Gasteiger partial charge >= 0.3 is 147 Å². The molecule has 0 bridgehead atoms. The van der Waals surface area contributed by atoms with Crippen LogP contribution < -0.4 is 4.74 Å². The topological polar surface area (TPSA) is 22.1 Å². The molecule has 0 aliphatic carbocycles. The van der Waals surface area contributed by atoms with E-state index in [1.807, 2.05) is 6.20 Å². The molecule has 0 amide bonds. The van der Waals surface area contributed by atoms with Crippen LogP contribution in [-0.4, -0.2) is 19.5 Å². The molecule has 4 aromatic rings. The van der Waals surface area contributed by atoms with E-state index in [2.05, 4.69) is 79.5 Å². The number of hydrogen-bond donors (Lipinski definition) is 0. The van der Waals surface area contributed by atoms with Crippen molar-refractivity contribution in [2.24, 2.45) is 0 Å². The molecule has 0 saturated carbocycles. The van der Waals surface area contributed by atoms with Crippen molar-refractivity contribution in [3.63, 3.8) is 0 Å². The zero-order valence-corrected chi connectivity index (χ0v) is 15.3. The average Bonchev–Trinajstić information content (AvgIpc) is 3.00. The van der Waals surface area contributed by atoms with Gasteiger partial charge in [-0.1, -0.05) is 0 Å². The van der Waals surface area contributed by atoms with Gasteiger partial charge in [-0.25, -0.2) is 0 Å². The molecular formula is C21H17NOSe. The number of ether oxygens (including phenoxy) is 1. The van der Waals surface area contributed by atoms with Gasteiger partial charge in [-0.2, -0.15) is 0 Å². The van der Waals surface area contributed by atoms with E-state index in [1.165, 1.54) is 25.4 Å². The first-order chi connectivity index (χ1) is 11.7. The van der Waals surface area contributed by atoms with Gasteiger partial charge in [0, 0.05) is 0 Å². The fraction of sp³-hybridized carbons (Fsp3) is 0.0952. The van der Waals surface area contributed by atoms with Crippen molar-refractivity contribution in [3.05, 3.63) is 78.0 Å². The predicted octanol–water partition coefficient (Wildman–Crippen LogP) is 5.37. The van der Waals surface area contributed by atoms with Crippen LogP contribution in [0.3, 0.4) is 0 Å². The number of rotatable bonds is 3. The number of pyridine rings is 1. The molecule has 0 aliphatic rings. The van der Waals surface area contributed by atoms with Crippen LogP contribution in [0.5, 0.6) is 11.6 Å². The van der Waals surface area contributed by atoms with Crippen molar-refractivity contribution in [1.29, 1.82) is 0 Å². The third kappa shape index (κ3) is 3.01. The first-order valence-electron chi connectivity index (χ1n) is 7.89. The third-order valence-corrected chi connectivity index (χ3v) is 6.29. The standard InChI is InChI=1S/C21H17NOSe/c1-14-10-15(2)12-17(11-14)23-21-18-13-20(16-6-4-3-5-7-16)24-19(18)8-9-22-21/h3-13H,1-2H3. The van der Waals surface area contributed by atoms with E-state index in [9.17, 15) is 0 Å². The van der Waals surface area contributed by atoms with Crippen molar-refractivity contribution >= 4 is 24.1 Å². The molecule has 0 unspecified atom stereocenters. The number of nitrogens with zero attached hydrogens (tertiary/aromatic N) is 1. The van der Waals surface area contributed by atoms with Crippen molar-refractivity contribution in [1.82, 2.24) is 4.98 Å². The van der Waals surface area contributed by atoms with Gasteiger partial charge in [0.25, 0.3) is 0 Å². The minimum atomic E-state index is 0.292. The molecule has 0 spiro atoms. The van der Waals surface area contributed by atoms with E-state index in [0.29, 0.717) is 20.4 Å². The van der Waals surface area contributed by atoms with Crippen LogP contribution in [0.15, 0.2) is 66.9 Å². The summed E-state index contributed by atoms with van der Waals surface area (Å²) in [5.74, 6) is 1.55. The summed E-state index contributed by atoms with van der Waals surface area (Å²) < 4.78 is 8.82. The van der Waals surface area contributed by atoms with Gasteiger partial charge < -0.3 is 0 Å². The maximum atomic E-state index is 6.12. The number of benzene rings is 2. The third-order valence-electron chi connectivity index (χ3n) is 3.88. The van der Waals surface area contributed by atoms with Crippen LogP contribution in [0.1, 0.15) is 11.1 Å². The van der Waals surface area contributed by atoms with Crippen LogP contribution in [0.4, 0.5) is 0 Å². The maximum absolute atomic E-state index is 6.12. The summed E-state index contributed by atoms with van der Waals surface area (Å²) in [5, 5.41) is 1.12. The first-order valence-corrected chi connectivity index (χ1v) is 9.60. The molecule has 0 aliphatic heterocycles. The Morgan fingerprint density at radius 3 is 2.38 bits per heavy atom. The molecule has 0 N–H and O–H groups in total. The van der Waals surface area contributed by atoms with Crippen molar-refractivity contribution in [2.75, 3.05) is 0 Å². The summed E-state index contributed by atoms with van der Waals surface area (Å²) >= 11 is 0.292. The first kappa shape index (κ1) is 15.2. The summed E-state index contributed by atoms with van der Waals surface area (Å²) in [5.41, 5.74) is 3.68. The molecule has 2 heterocycles. The summed E-state index contributed by atoms with van der Waals surface area (Å²) in [6.45, 7) is 4.17. The molecule has 0 fully saturated rings. The average molecular weight is 378 g/mol. The number of fused-ring (bicyclic) bond motifs is 1. The van der Waals surface area contributed by atoms with Gasteiger partial charge in [-0.15, -0.1) is 0 Å². The zero-order chi connectivity index (χ0) is 16.5. The van der Waals surface area contributed by atoms with Gasteiger partial charge in [0.15, 0.2) is 0 Å². The van der Waals surface area contributed by atoms with Crippen LogP contribution >= 0.6 is 0 Å². The molecule has 2 aromatic carbocycles. The van der Waals surface area contributed by atoms with Gasteiger partial charge in [-0.3, -0.25) is 0 Å². The van der Waals surface area contributed by atoms with Crippen LogP contribution in [0, 0.1) is 13.8 Å². The van der Waals surface area contributed by atoms with Gasteiger partial charge in [0.1, 0.15) is 0 Å². The second-order valence-corrected chi connectivity index (χ2v) is 8.20. The normalized spacial score (nSPS) is 10.9. The summed E-state index contributed by atoms with van der Waals surface area (Å²) in [6.07, 6.45) is 1.85. The Morgan fingerprint density at radius 2 is 1.62 bits per heavy atom. The molecule has 118 valence electrons. The number of aromatic nitrogens is 1. The van der Waals surface area contributed by atoms with E-state index < -0.39 is 0 Å². The predicted molar refractivity (Wildman–Crippen MR) is 100 cm³/mol. The molecular weight excluding hydrogens is 361 g/mol. The fourth-order valence-corrected chi connectivity index (χ4v) is 5.08. The molecule has 4 rings (SSSR count). The molecule has 0 atom stereocenters. The van der Waals surface area contributed by atoms with E-state index >= 15 is 0 Å². The summed E-state index contributed by atoms with van der Waals surface area (Å²) in [6, 6.07) is 21.1. The number of aryl methyl sites for hydroxylation is 2. The van der Waals surface area contributed by atoms with Crippen molar-refractivity contribution in [2.45, 2.75) is 13.8 Å². The molecule has 3 heteroatoms. The van der Waals surface area contributed by atoms with Crippen LogP contribution in [-0.2, 0) is 0 Å². The van der Waals surface area contributed by atoms with Gasteiger partial charge in [0.05, 0.1) is 0 Å². The number of hydrogen-bond acceptors (Lipinski definition) is 2. The van der Waals surface area contributed by atoms with Crippen molar-refractivity contribution in [3.8, 4) is 21.6 Å². The molecule has 0 saturated heterocycles. The molecule has 24 heavy (non-hydrogen) atoms. The molecule has 0 radical (unpaired) electrons. The van der Waals surface area contributed by atoms with E-state index in [-0.39, 0.29) is 0 Å². The van der Waals surface area contributed by atoms with Gasteiger partial charge in [-0.05, 0) is 0 Å².